The maximum Gasteiger partial charge on any atom is 0.186 e. The zero-order valence-electron chi connectivity index (χ0n) is 20.8. The lowest BCUT2D eigenvalue weighted by molar-refractivity contribution is -0.156. The Morgan fingerprint density at radius 3 is 2.31 bits per heavy atom. The third-order valence-corrected chi connectivity index (χ3v) is 11.0. The van der Waals surface area contributed by atoms with Crippen molar-refractivity contribution in [3.63, 3.8) is 0 Å². The van der Waals surface area contributed by atoms with E-state index in [2.05, 4.69) is 41.5 Å². The van der Waals surface area contributed by atoms with Gasteiger partial charge in [-0.1, -0.05) is 41.5 Å². The Morgan fingerprint density at radius 1 is 0.938 bits per heavy atom. The van der Waals surface area contributed by atoms with Crippen LogP contribution in [-0.4, -0.2) is 16.0 Å². The van der Waals surface area contributed by atoms with Gasteiger partial charge in [-0.15, -0.1) is 0 Å². The van der Waals surface area contributed by atoms with Crippen molar-refractivity contribution >= 4 is 5.78 Å². The summed E-state index contributed by atoms with van der Waals surface area (Å²) in [5, 5.41) is 20.4. The molecule has 2 N–H and O–H groups in total. The maximum absolute atomic E-state index is 13.5. The fourth-order valence-electron chi connectivity index (χ4n) is 8.68. The molecule has 32 heavy (non-hydrogen) atoms. The van der Waals surface area contributed by atoms with Crippen LogP contribution in [0.3, 0.4) is 0 Å². The summed E-state index contributed by atoms with van der Waals surface area (Å²) in [6.45, 7) is 14.4. The molecule has 3 saturated carbocycles. The van der Waals surface area contributed by atoms with Crippen molar-refractivity contribution in [1.82, 2.24) is 0 Å². The van der Waals surface area contributed by atoms with Crippen molar-refractivity contribution < 1.29 is 15.0 Å². The third kappa shape index (κ3) is 2.67. The minimum absolute atomic E-state index is 0.000640. The lowest BCUT2D eigenvalue weighted by Gasteiger charge is -2.70. The summed E-state index contributed by atoms with van der Waals surface area (Å²) >= 11 is 0. The van der Waals surface area contributed by atoms with Gasteiger partial charge in [0.25, 0.3) is 0 Å². The van der Waals surface area contributed by atoms with Crippen LogP contribution in [0.5, 0.6) is 5.75 Å². The van der Waals surface area contributed by atoms with Gasteiger partial charge in [-0.2, -0.15) is 0 Å². The number of phenolic OH excluding ortho intramolecular Hbond substituents is 1. The number of benzene rings is 1. The van der Waals surface area contributed by atoms with E-state index in [1.54, 1.807) is 12.1 Å². The van der Waals surface area contributed by atoms with Crippen molar-refractivity contribution in [3.05, 3.63) is 40.5 Å². The predicted octanol–water partition coefficient (Wildman–Crippen LogP) is 6.70. The molecule has 0 saturated heterocycles. The highest BCUT2D eigenvalue weighted by Gasteiger charge is 2.66. The first-order valence-corrected chi connectivity index (χ1v) is 12.5. The molecule has 0 bridgehead atoms. The predicted molar refractivity (Wildman–Crippen MR) is 128 cm³/mol. The number of ketones is 1. The van der Waals surface area contributed by atoms with Gasteiger partial charge in [0.15, 0.2) is 5.78 Å². The Hall–Kier alpha value is -1.61. The lowest BCUT2D eigenvalue weighted by atomic mass is 9.34. The van der Waals surface area contributed by atoms with Crippen molar-refractivity contribution in [3.8, 4) is 5.75 Å². The molecule has 0 unspecified atom stereocenters. The van der Waals surface area contributed by atoms with E-state index in [1.165, 1.54) is 31.3 Å². The number of hydrogen-bond donors (Lipinski definition) is 2. The van der Waals surface area contributed by atoms with Crippen LogP contribution < -0.4 is 0 Å². The number of rotatable bonds is 1. The average molecular weight is 437 g/mol. The molecule has 0 heterocycles. The van der Waals surface area contributed by atoms with Crippen LogP contribution in [0.1, 0.15) is 108 Å². The van der Waals surface area contributed by atoms with Gasteiger partial charge in [-0.05, 0) is 107 Å². The molecule has 0 amide bonds. The molecule has 1 aromatic carbocycles. The monoisotopic (exact) mass is 436 g/mol. The van der Waals surface area contributed by atoms with Gasteiger partial charge >= 0.3 is 0 Å². The van der Waals surface area contributed by atoms with Crippen molar-refractivity contribution in [2.24, 2.45) is 27.6 Å². The minimum atomic E-state index is -0.280. The van der Waals surface area contributed by atoms with E-state index < -0.39 is 0 Å². The Morgan fingerprint density at radius 2 is 1.62 bits per heavy atom. The molecular weight excluding hydrogens is 396 g/mol. The first-order chi connectivity index (χ1) is 14.8. The number of carbonyl (C=O) groups is 1. The number of aromatic hydroxyl groups is 1. The fourth-order valence-corrected chi connectivity index (χ4v) is 8.68. The van der Waals surface area contributed by atoms with Crippen LogP contribution in [0.4, 0.5) is 0 Å². The first-order valence-electron chi connectivity index (χ1n) is 12.5. The van der Waals surface area contributed by atoms with E-state index in [1.807, 2.05) is 6.08 Å². The largest absolute Gasteiger partial charge is 0.508 e. The summed E-state index contributed by atoms with van der Waals surface area (Å²) < 4.78 is 0. The summed E-state index contributed by atoms with van der Waals surface area (Å²) in [7, 11) is 0. The van der Waals surface area contributed by atoms with E-state index in [0.717, 1.165) is 24.8 Å². The van der Waals surface area contributed by atoms with Gasteiger partial charge in [0.2, 0.25) is 0 Å². The zero-order valence-corrected chi connectivity index (χ0v) is 20.8. The van der Waals surface area contributed by atoms with Crippen molar-refractivity contribution in [2.45, 2.75) is 98.5 Å². The van der Waals surface area contributed by atoms with Crippen molar-refractivity contribution in [1.29, 1.82) is 0 Å². The highest BCUT2D eigenvalue weighted by molar-refractivity contribution is 6.09. The van der Waals surface area contributed by atoms with Gasteiger partial charge in [-0.25, -0.2) is 0 Å². The van der Waals surface area contributed by atoms with E-state index >= 15 is 0 Å². The summed E-state index contributed by atoms with van der Waals surface area (Å²) in [4.78, 5) is 13.5. The van der Waals surface area contributed by atoms with Gasteiger partial charge < -0.3 is 10.2 Å². The SMILES string of the molecule is CC1(C)CC[C@]2(C)CC[C@]3(C)C4=CC(=O)c5c(CO)cc(O)cc5[C@]4(C)CC[C@@]3(C)[C@@H]2C1. The second kappa shape index (κ2) is 6.50. The number of carbonyl (C=O) groups excluding carboxylic acids is 1. The normalized spacial score (nSPS) is 42.3. The summed E-state index contributed by atoms with van der Waals surface area (Å²) in [5.74, 6) is 0.794. The standard InChI is InChI=1S/C29H40O3/c1-25(2)7-8-26(3)9-11-28(5)22-15-21(32)24-18(17-30)13-19(31)14-20(24)27(22,4)10-12-29(28,6)23(26)16-25/h13-15,23,30-31H,7-12,16-17H2,1-6H3/t23-,26-,27+,28-,29+/m1/s1. The molecule has 4 aliphatic carbocycles. The molecule has 4 aliphatic rings. The Kier molecular flexibility index (Phi) is 4.51. The van der Waals surface area contributed by atoms with Crippen LogP contribution in [0, 0.1) is 27.6 Å². The van der Waals surface area contributed by atoms with Crippen LogP contribution >= 0.6 is 0 Å². The third-order valence-electron chi connectivity index (χ3n) is 11.0. The second-order valence-electron chi connectivity index (χ2n) is 13.3. The molecule has 0 spiro atoms. The van der Waals surface area contributed by atoms with Crippen LogP contribution in [0.25, 0.3) is 0 Å². The van der Waals surface area contributed by atoms with Gasteiger partial charge in [-0.3, -0.25) is 4.79 Å². The number of phenols is 1. The summed E-state index contributed by atoms with van der Waals surface area (Å²) in [5.41, 5.74) is 3.94. The smallest absolute Gasteiger partial charge is 0.186 e. The zero-order chi connectivity index (χ0) is 23.3. The minimum Gasteiger partial charge on any atom is -0.508 e. The summed E-state index contributed by atoms with van der Waals surface area (Å²) in [6, 6.07) is 3.34. The van der Waals surface area contributed by atoms with Crippen LogP contribution in [-0.2, 0) is 12.0 Å². The quantitative estimate of drug-likeness (QED) is 0.515. The topological polar surface area (TPSA) is 57.5 Å². The molecule has 0 aliphatic heterocycles. The van der Waals surface area contributed by atoms with Crippen molar-refractivity contribution in [2.75, 3.05) is 0 Å². The Balaban J connectivity index is 1.68. The van der Waals surface area contributed by atoms with Gasteiger partial charge in [0, 0.05) is 11.0 Å². The average Bonchev–Trinajstić information content (AvgIpc) is 2.73. The van der Waals surface area contributed by atoms with Crippen LogP contribution in [0.15, 0.2) is 23.8 Å². The summed E-state index contributed by atoms with van der Waals surface area (Å²) in [6.07, 6.45) is 10.3. The first kappa shape index (κ1) is 22.2. The molecule has 3 fully saturated rings. The molecule has 0 aromatic heterocycles. The maximum atomic E-state index is 13.5. The molecule has 1 aromatic rings. The van der Waals surface area contributed by atoms with E-state index in [-0.39, 0.29) is 34.4 Å². The van der Waals surface area contributed by atoms with E-state index in [0.29, 0.717) is 27.9 Å². The molecule has 3 heteroatoms. The number of hydrogen-bond acceptors (Lipinski definition) is 3. The Bertz CT molecular complexity index is 1040. The molecule has 5 atom stereocenters. The lowest BCUT2D eigenvalue weighted by Crippen LogP contribution is -2.62. The molecular formula is C29H40O3. The molecule has 3 nitrogen and oxygen atoms in total. The molecule has 174 valence electrons. The van der Waals surface area contributed by atoms with Gasteiger partial charge in [0.1, 0.15) is 5.75 Å². The van der Waals surface area contributed by atoms with E-state index in [4.69, 9.17) is 0 Å². The highest BCUT2D eigenvalue weighted by atomic mass is 16.3. The van der Waals surface area contributed by atoms with Gasteiger partial charge in [0.05, 0.1) is 6.61 Å². The number of aliphatic hydroxyl groups excluding tert-OH is 1. The second-order valence-corrected chi connectivity index (χ2v) is 13.3. The molecule has 0 radical (unpaired) electrons. The number of aliphatic hydroxyl groups is 1. The fraction of sp³-hybridized carbons (Fsp3) is 0.690. The van der Waals surface area contributed by atoms with E-state index in [9.17, 15) is 15.0 Å². The number of fused-ring (bicyclic) bond motifs is 7. The number of allylic oxidation sites excluding steroid dienone is 2. The highest BCUT2D eigenvalue weighted by Crippen LogP contribution is 2.74. The van der Waals surface area contributed by atoms with Crippen LogP contribution in [0.2, 0.25) is 0 Å². The Labute approximate surface area is 193 Å². The molecule has 5 rings (SSSR count).